The van der Waals surface area contributed by atoms with E-state index in [1.807, 2.05) is 24.3 Å². The highest BCUT2D eigenvalue weighted by molar-refractivity contribution is 5.71. The fourth-order valence-corrected chi connectivity index (χ4v) is 7.32. The van der Waals surface area contributed by atoms with E-state index in [4.69, 9.17) is 4.74 Å². The lowest BCUT2D eigenvalue weighted by Crippen LogP contribution is -2.44. The van der Waals surface area contributed by atoms with Crippen molar-refractivity contribution >= 4 is 5.97 Å². The van der Waals surface area contributed by atoms with E-state index < -0.39 is 5.97 Å². The molecule has 3 aliphatic carbocycles. The largest absolute Gasteiger partial charge is 0.489 e. The fraction of sp³-hybridized carbons (Fsp3) is 0.457. The summed E-state index contributed by atoms with van der Waals surface area (Å²) in [4.78, 5) is 11.4. The van der Waals surface area contributed by atoms with Crippen molar-refractivity contribution < 1.29 is 19.7 Å². The molecule has 4 atom stereocenters. The molecule has 0 bridgehead atoms. The van der Waals surface area contributed by atoms with Gasteiger partial charge in [-0.2, -0.15) is 0 Å². The number of aliphatic hydroxyl groups excluding tert-OH is 1. The Morgan fingerprint density at radius 2 is 1.59 bits per heavy atom. The van der Waals surface area contributed by atoms with E-state index in [0.717, 1.165) is 34.8 Å². The Kier molecular flexibility index (Phi) is 7.74. The average molecular weight is 525 g/mol. The fourth-order valence-electron chi connectivity index (χ4n) is 7.32. The summed E-state index contributed by atoms with van der Waals surface area (Å²) in [5.74, 6) is 4.02. The van der Waals surface area contributed by atoms with Crippen molar-refractivity contribution in [1.82, 2.24) is 0 Å². The van der Waals surface area contributed by atoms with Crippen LogP contribution in [0, 0.1) is 23.7 Å². The SMILES string of the molecule is O=C(O)Cc1ccccc1OCc1cc(-c2cccc(CCO)c2)cc(C2CCC2C2CCC2C2CCC2)c1. The molecule has 2 N–H and O–H groups in total. The molecule has 3 aliphatic rings. The number of para-hydroxylation sites is 1. The molecule has 0 saturated heterocycles. The highest BCUT2D eigenvalue weighted by atomic mass is 16.5. The average Bonchev–Trinajstić information content (AvgIpc) is 2.87. The van der Waals surface area contributed by atoms with Gasteiger partial charge in [-0.3, -0.25) is 4.79 Å². The Morgan fingerprint density at radius 3 is 2.28 bits per heavy atom. The summed E-state index contributed by atoms with van der Waals surface area (Å²) in [6.45, 7) is 0.547. The number of benzene rings is 3. The molecule has 6 rings (SSSR count). The molecule has 0 amide bonds. The zero-order valence-corrected chi connectivity index (χ0v) is 22.7. The first-order valence-corrected chi connectivity index (χ1v) is 14.9. The third-order valence-electron chi connectivity index (χ3n) is 9.83. The van der Waals surface area contributed by atoms with Gasteiger partial charge < -0.3 is 14.9 Å². The summed E-state index contributed by atoms with van der Waals surface area (Å²) in [5, 5.41) is 18.8. The van der Waals surface area contributed by atoms with Crippen LogP contribution in [0.2, 0.25) is 0 Å². The number of rotatable bonds is 11. The summed E-state index contributed by atoms with van der Waals surface area (Å²) in [6.07, 6.45) is 10.4. The summed E-state index contributed by atoms with van der Waals surface area (Å²) in [7, 11) is 0. The Balaban J connectivity index is 1.28. The third kappa shape index (κ3) is 5.63. The van der Waals surface area contributed by atoms with Crippen molar-refractivity contribution in [2.75, 3.05) is 6.61 Å². The Labute approximate surface area is 232 Å². The van der Waals surface area contributed by atoms with Gasteiger partial charge in [0.15, 0.2) is 0 Å². The topological polar surface area (TPSA) is 66.8 Å². The van der Waals surface area contributed by atoms with E-state index in [0.29, 0.717) is 30.3 Å². The van der Waals surface area contributed by atoms with Gasteiger partial charge in [-0.15, -0.1) is 0 Å². The lowest BCUT2D eigenvalue weighted by Gasteiger charge is -2.54. The highest BCUT2D eigenvalue weighted by Crippen LogP contribution is 2.58. The molecular formula is C35H40O4. The van der Waals surface area contributed by atoms with Gasteiger partial charge in [-0.25, -0.2) is 0 Å². The quantitative estimate of drug-likeness (QED) is 0.274. The number of aliphatic hydroxyl groups is 1. The van der Waals surface area contributed by atoms with Crippen LogP contribution in [0.15, 0.2) is 66.7 Å². The van der Waals surface area contributed by atoms with Crippen molar-refractivity contribution in [2.24, 2.45) is 23.7 Å². The van der Waals surface area contributed by atoms with Crippen molar-refractivity contribution in [2.45, 2.75) is 70.3 Å². The number of ether oxygens (including phenoxy) is 1. The minimum absolute atomic E-state index is 0.0492. The van der Waals surface area contributed by atoms with Crippen LogP contribution >= 0.6 is 0 Å². The van der Waals surface area contributed by atoms with Gasteiger partial charge in [0.1, 0.15) is 12.4 Å². The van der Waals surface area contributed by atoms with Gasteiger partial charge in [0.05, 0.1) is 6.42 Å². The van der Waals surface area contributed by atoms with Crippen molar-refractivity contribution in [3.63, 3.8) is 0 Å². The number of aliphatic carboxylic acids is 1. The number of carboxylic acid groups (broad SMARTS) is 1. The minimum Gasteiger partial charge on any atom is -0.489 e. The standard InChI is InChI=1S/C35H40O4/c36-16-15-23-5-3-9-26(17-23)28-18-24(22-39-34-10-2-1-6-27(34)21-35(37)38)19-29(20-28)31-12-14-33(31)32-13-11-30(32)25-7-4-8-25/h1-3,5-6,9-10,17-20,25,30-33,36H,4,7-8,11-16,21-22H2,(H,37,38). The molecule has 4 heteroatoms. The Morgan fingerprint density at radius 1 is 0.795 bits per heavy atom. The zero-order valence-electron chi connectivity index (χ0n) is 22.7. The highest BCUT2D eigenvalue weighted by Gasteiger charge is 2.48. The first kappa shape index (κ1) is 26.1. The van der Waals surface area contributed by atoms with Crippen molar-refractivity contribution in [1.29, 1.82) is 0 Å². The van der Waals surface area contributed by atoms with E-state index >= 15 is 0 Å². The monoisotopic (exact) mass is 524 g/mol. The van der Waals surface area contributed by atoms with Crippen LogP contribution in [0.5, 0.6) is 5.75 Å². The second kappa shape index (κ2) is 11.6. The number of carbonyl (C=O) groups is 1. The molecule has 3 aromatic rings. The van der Waals surface area contributed by atoms with Crippen LogP contribution in [-0.4, -0.2) is 22.8 Å². The second-order valence-corrected chi connectivity index (χ2v) is 12.0. The van der Waals surface area contributed by atoms with Gasteiger partial charge in [-0.1, -0.05) is 73.9 Å². The molecule has 0 radical (unpaired) electrons. The van der Waals surface area contributed by atoms with Crippen molar-refractivity contribution in [3.8, 4) is 16.9 Å². The van der Waals surface area contributed by atoms with E-state index in [1.54, 1.807) is 0 Å². The van der Waals surface area contributed by atoms with E-state index in [9.17, 15) is 15.0 Å². The van der Waals surface area contributed by atoms with Gasteiger partial charge in [-0.05, 0) is 102 Å². The maximum absolute atomic E-state index is 11.4. The molecule has 204 valence electrons. The van der Waals surface area contributed by atoms with Crippen LogP contribution in [0.4, 0.5) is 0 Å². The lowest BCUT2D eigenvalue weighted by atomic mass is 9.51. The molecule has 0 aliphatic heterocycles. The van der Waals surface area contributed by atoms with Crippen LogP contribution in [-0.2, 0) is 24.2 Å². The smallest absolute Gasteiger partial charge is 0.307 e. The molecule has 3 saturated carbocycles. The predicted molar refractivity (Wildman–Crippen MR) is 154 cm³/mol. The van der Waals surface area contributed by atoms with Crippen LogP contribution in [0.25, 0.3) is 11.1 Å². The molecule has 4 unspecified atom stereocenters. The van der Waals surface area contributed by atoms with Gasteiger partial charge in [0.25, 0.3) is 0 Å². The van der Waals surface area contributed by atoms with Gasteiger partial charge >= 0.3 is 5.97 Å². The Hall–Kier alpha value is -3.11. The number of hydrogen-bond acceptors (Lipinski definition) is 3. The Bertz CT molecular complexity index is 1310. The molecular weight excluding hydrogens is 484 g/mol. The van der Waals surface area contributed by atoms with Gasteiger partial charge in [0.2, 0.25) is 0 Å². The maximum atomic E-state index is 11.4. The molecule has 39 heavy (non-hydrogen) atoms. The maximum Gasteiger partial charge on any atom is 0.307 e. The van der Waals surface area contributed by atoms with Crippen molar-refractivity contribution in [3.05, 3.63) is 89.0 Å². The third-order valence-corrected chi connectivity index (χ3v) is 9.83. The van der Waals surface area contributed by atoms with Gasteiger partial charge in [0, 0.05) is 12.2 Å². The zero-order chi connectivity index (χ0) is 26.8. The first-order chi connectivity index (χ1) is 19.1. The van der Waals surface area contributed by atoms with Crippen LogP contribution in [0.3, 0.4) is 0 Å². The van der Waals surface area contributed by atoms with Crippen LogP contribution < -0.4 is 4.74 Å². The molecule has 0 aromatic heterocycles. The predicted octanol–water partition coefficient (Wildman–Crippen LogP) is 7.41. The van der Waals surface area contributed by atoms with Crippen LogP contribution in [0.1, 0.15) is 73.1 Å². The number of hydrogen-bond donors (Lipinski definition) is 2. The lowest BCUT2D eigenvalue weighted by molar-refractivity contribution is -0.136. The summed E-state index contributed by atoms with van der Waals surface area (Å²) < 4.78 is 6.24. The minimum atomic E-state index is -0.856. The summed E-state index contributed by atoms with van der Waals surface area (Å²) in [6, 6.07) is 22.9. The van der Waals surface area contributed by atoms with E-state index in [2.05, 4.69) is 42.5 Å². The molecule has 3 aromatic carbocycles. The van der Waals surface area contributed by atoms with E-state index in [-0.39, 0.29) is 13.0 Å². The number of carboxylic acids is 1. The second-order valence-electron chi connectivity index (χ2n) is 12.0. The normalized spacial score (nSPS) is 24.3. The molecule has 0 spiro atoms. The first-order valence-electron chi connectivity index (χ1n) is 14.9. The molecule has 0 heterocycles. The summed E-state index contributed by atoms with van der Waals surface area (Å²) >= 11 is 0. The molecule has 4 nitrogen and oxygen atoms in total. The molecule has 3 fully saturated rings. The summed E-state index contributed by atoms with van der Waals surface area (Å²) in [5.41, 5.74) is 6.74. The van der Waals surface area contributed by atoms with E-state index in [1.165, 1.54) is 61.6 Å².